The second-order valence-corrected chi connectivity index (χ2v) is 4.36. The zero-order chi connectivity index (χ0) is 10.5. The number of hydrogen-bond donors (Lipinski definition) is 1. The largest absolute Gasteiger partial charge is 0.298 e. The first-order valence-electron chi connectivity index (χ1n) is 5.84. The van der Waals surface area contributed by atoms with Gasteiger partial charge in [0.1, 0.15) is 0 Å². The Kier molecular flexibility index (Phi) is 3.75. The fourth-order valence-electron chi connectivity index (χ4n) is 2.16. The predicted molar refractivity (Wildman–Crippen MR) is 63.6 cm³/mol. The highest BCUT2D eigenvalue weighted by Crippen LogP contribution is 2.13. The van der Waals surface area contributed by atoms with Gasteiger partial charge in [-0.05, 0) is 38.4 Å². The van der Waals surface area contributed by atoms with Gasteiger partial charge in [-0.3, -0.25) is 10.2 Å². The fourth-order valence-corrected chi connectivity index (χ4v) is 2.16. The third kappa shape index (κ3) is 3.05. The summed E-state index contributed by atoms with van der Waals surface area (Å²) in [6.45, 7) is 2.21. The van der Waals surface area contributed by atoms with E-state index in [0.29, 0.717) is 6.17 Å². The molecule has 2 nitrogen and oxygen atoms in total. The third-order valence-corrected chi connectivity index (χ3v) is 3.16. The zero-order valence-electron chi connectivity index (χ0n) is 9.45. The van der Waals surface area contributed by atoms with E-state index in [9.17, 15) is 0 Å². The maximum absolute atomic E-state index is 3.61. The van der Waals surface area contributed by atoms with Crippen molar-refractivity contribution in [3.8, 4) is 0 Å². The van der Waals surface area contributed by atoms with E-state index in [1.54, 1.807) is 0 Å². The van der Waals surface area contributed by atoms with Crippen LogP contribution in [0.2, 0.25) is 0 Å². The Morgan fingerprint density at radius 1 is 1.27 bits per heavy atom. The number of nitrogens with one attached hydrogen (secondary N) is 1. The summed E-state index contributed by atoms with van der Waals surface area (Å²) in [6, 6.07) is 10.6. The molecule has 1 aromatic carbocycles. The van der Waals surface area contributed by atoms with E-state index in [2.05, 4.69) is 47.6 Å². The number of nitrogens with zero attached hydrogens (tertiary/aromatic N) is 1. The summed E-state index contributed by atoms with van der Waals surface area (Å²) in [5.74, 6) is 0. The van der Waals surface area contributed by atoms with Gasteiger partial charge < -0.3 is 0 Å². The molecule has 1 atom stereocenters. The molecule has 0 saturated carbocycles. The van der Waals surface area contributed by atoms with Crippen molar-refractivity contribution in [1.29, 1.82) is 0 Å². The zero-order valence-corrected chi connectivity index (χ0v) is 9.45. The Balaban J connectivity index is 1.82. The lowest BCUT2D eigenvalue weighted by Crippen LogP contribution is -2.45. The number of benzene rings is 1. The van der Waals surface area contributed by atoms with Crippen LogP contribution in [-0.2, 0) is 6.54 Å². The topological polar surface area (TPSA) is 15.3 Å². The molecule has 0 radical (unpaired) electrons. The van der Waals surface area contributed by atoms with Gasteiger partial charge in [0.25, 0.3) is 0 Å². The number of likely N-dealkylation sites (tertiary alicyclic amines) is 1. The highest BCUT2D eigenvalue weighted by molar-refractivity contribution is 5.14. The first-order chi connectivity index (χ1) is 7.36. The number of hydrogen-bond acceptors (Lipinski definition) is 2. The van der Waals surface area contributed by atoms with Gasteiger partial charge in [0.2, 0.25) is 0 Å². The quantitative estimate of drug-likeness (QED) is 0.812. The van der Waals surface area contributed by atoms with Crippen molar-refractivity contribution in [2.75, 3.05) is 13.6 Å². The summed E-state index contributed by atoms with van der Waals surface area (Å²) in [6.07, 6.45) is 4.55. The molecule has 0 spiro atoms. The molecule has 2 rings (SSSR count). The smallest absolute Gasteiger partial charge is 0.0597 e. The van der Waals surface area contributed by atoms with Crippen molar-refractivity contribution in [3.05, 3.63) is 35.9 Å². The highest BCUT2D eigenvalue weighted by Gasteiger charge is 2.17. The molecule has 0 aliphatic carbocycles. The van der Waals surface area contributed by atoms with Crippen LogP contribution in [0.1, 0.15) is 24.8 Å². The van der Waals surface area contributed by atoms with Gasteiger partial charge in [0.05, 0.1) is 6.17 Å². The molecule has 2 heteroatoms. The van der Waals surface area contributed by atoms with Gasteiger partial charge in [-0.2, -0.15) is 0 Å². The van der Waals surface area contributed by atoms with E-state index in [1.807, 2.05) is 0 Å². The standard InChI is InChI=1S/C13H20N2/c1-15-10-6-5-9-13(15)14-11-12-7-3-2-4-8-12/h2-4,7-8,13-14H,5-6,9-11H2,1H3. The van der Waals surface area contributed by atoms with Crippen LogP contribution in [0.15, 0.2) is 30.3 Å². The van der Waals surface area contributed by atoms with E-state index in [4.69, 9.17) is 0 Å². The maximum Gasteiger partial charge on any atom is 0.0597 e. The summed E-state index contributed by atoms with van der Waals surface area (Å²) in [5, 5.41) is 3.61. The second kappa shape index (κ2) is 5.29. The predicted octanol–water partition coefficient (Wildman–Crippen LogP) is 2.22. The Hall–Kier alpha value is -0.860. The van der Waals surface area contributed by atoms with Crippen molar-refractivity contribution in [2.24, 2.45) is 0 Å². The van der Waals surface area contributed by atoms with Gasteiger partial charge in [-0.15, -0.1) is 0 Å². The van der Waals surface area contributed by atoms with Crippen molar-refractivity contribution < 1.29 is 0 Å². The summed E-state index contributed by atoms with van der Waals surface area (Å²) >= 11 is 0. The van der Waals surface area contributed by atoms with Crippen LogP contribution in [0.4, 0.5) is 0 Å². The summed E-state index contributed by atoms with van der Waals surface area (Å²) in [5.41, 5.74) is 1.37. The van der Waals surface area contributed by atoms with Crippen LogP contribution >= 0.6 is 0 Å². The highest BCUT2D eigenvalue weighted by atomic mass is 15.2. The van der Waals surface area contributed by atoms with Gasteiger partial charge in [-0.1, -0.05) is 30.3 Å². The minimum absolute atomic E-state index is 0.568. The Labute approximate surface area is 92.3 Å². The van der Waals surface area contributed by atoms with E-state index in [1.165, 1.54) is 31.4 Å². The molecule has 0 bridgehead atoms. The lowest BCUT2D eigenvalue weighted by Gasteiger charge is -2.33. The number of rotatable bonds is 3. The average Bonchev–Trinajstić information content (AvgIpc) is 2.29. The van der Waals surface area contributed by atoms with Gasteiger partial charge >= 0.3 is 0 Å². The minimum Gasteiger partial charge on any atom is -0.298 e. The molecule has 1 saturated heterocycles. The summed E-state index contributed by atoms with van der Waals surface area (Å²) < 4.78 is 0. The van der Waals surface area contributed by atoms with Crippen LogP contribution in [0.25, 0.3) is 0 Å². The molecule has 1 aliphatic rings. The van der Waals surface area contributed by atoms with E-state index in [-0.39, 0.29) is 0 Å². The Morgan fingerprint density at radius 2 is 2.07 bits per heavy atom. The van der Waals surface area contributed by atoms with E-state index < -0.39 is 0 Å². The molecule has 1 fully saturated rings. The minimum atomic E-state index is 0.568. The van der Waals surface area contributed by atoms with E-state index in [0.717, 1.165) is 6.54 Å². The number of piperidine rings is 1. The molecule has 0 aromatic heterocycles. The molecule has 1 aromatic rings. The third-order valence-electron chi connectivity index (χ3n) is 3.16. The first-order valence-corrected chi connectivity index (χ1v) is 5.84. The molecule has 0 amide bonds. The normalized spacial score (nSPS) is 22.9. The summed E-state index contributed by atoms with van der Waals surface area (Å²) in [4.78, 5) is 2.42. The SMILES string of the molecule is CN1CCCCC1NCc1ccccc1. The van der Waals surface area contributed by atoms with Gasteiger partial charge in [0.15, 0.2) is 0 Å². The van der Waals surface area contributed by atoms with E-state index >= 15 is 0 Å². The van der Waals surface area contributed by atoms with Crippen LogP contribution in [0.5, 0.6) is 0 Å². The van der Waals surface area contributed by atoms with Crippen LogP contribution < -0.4 is 5.32 Å². The van der Waals surface area contributed by atoms with Crippen molar-refractivity contribution in [2.45, 2.75) is 32.0 Å². The molecule has 1 aliphatic heterocycles. The molecule has 82 valence electrons. The molecule has 1 heterocycles. The summed E-state index contributed by atoms with van der Waals surface area (Å²) in [7, 11) is 2.21. The Morgan fingerprint density at radius 3 is 2.80 bits per heavy atom. The molecule has 1 N–H and O–H groups in total. The maximum atomic E-state index is 3.61. The van der Waals surface area contributed by atoms with Gasteiger partial charge in [-0.25, -0.2) is 0 Å². The van der Waals surface area contributed by atoms with Crippen LogP contribution in [-0.4, -0.2) is 24.7 Å². The van der Waals surface area contributed by atoms with Gasteiger partial charge in [0, 0.05) is 6.54 Å². The first kappa shape index (κ1) is 10.7. The van der Waals surface area contributed by atoms with Crippen LogP contribution in [0.3, 0.4) is 0 Å². The fraction of sp³-hybridized carbons (Fsp3) is 0.538. The molecule has 1 unspecified atom stereocenters. The Bertz CT molecular complexity index is 284. The van der Waals surface area contributed by atoms with Crippen molar-refractivity contribution >= 4 is 0 Å². The monoisotopic (exact) mass is 204 g/mol. The van der Waals surface area contributed by atoms with Crippen molar-refractivity contribution in [1.82, 2.24) is 10.2 Å². The average molecular weight is 204 g/mol. The van der Waals surface area contributed by atoms with Crippen molar-refractivity contribution in [3.63, 3.8) is 0 Å². The molecule has 15 heavy (non-hydrogen) atoms. The lowest BCUT2D eigenvalue weighted by atomic mass is 10.1. The molecular weight excluding hydrogens is 184 g/mol. The second-order valence-electron chi connectivity index (χ2n) is 4.36. The lowest BCUT2D eigenvalue weighted by molar-refractivity contribution is 0.152. The van der Waals surface area contributed by atoms with Crippen LogP contribution in [0, 0.1) is 0 Å². The molecular formula is C13H20N2.